The van der Waals surface area contributed by atoms with E-state index in [4.69, 9.17) is 17.3 Å². The van der Waals surface area contributed by atoms with Crippen LogP contribution < -0.4 is 11.1 Å². The van der Waals surface area contributed by atoms with Crippen molar-refractivity contribution in [3.8, 4) is 0 Å². The highest BCUT2D eigenvalue weighted by atomic mass is 79.9. The molecule has 0 aliphatic heterocycles. The van der Waals surface area contributed by atoms with Gasteiger partial charge < -0.3 is 11.1 Å². The predicted molar refractivity (Wildman–Crippen MR) is 78.0 cm³/mol. The van der Waals surface area contributed by atoms with Crippen molar-refractivity contribution in [1.82, 2.24) is 0 Å². The third kappa shape index (κ3) is 3.03. The van der Waals surface area contributed by atoms with Gasteiger partial charge in [0.15, 0.2) is 0 Å². The second kappa shape index (κ2) is 5.42. The Morgan fingerprint density at radius 2 is 2.00 bits per heavy atom. The monoisotopic (exact) mass is 324 g/mol. The average molecular weight is 326 g/mol. The minimum atomic E-state index is -0.196. The molecule has 0 saturated carbocycles. The highest BCUT2D eigenvalue weighted by molar-refractivity contribution is 9.10. The summed E-state index contributed by atoms with van der Waals surface area (Å²) >= 11 is 9.13. The van der Waals surface area contributed by atoms with Crippen molar-refractivity contribution < 1.29 is 4.79 Å². The van der Waals surface area contributed by atoms with Gasteiger partial charge in [-0.15, -0.1) is 0 Å². The zero-order valence-electron chi connectivity index (χ0n) is 9.28. The molecular weight excluding hydrogens is 316 g/mol. The maximum atomic E-state index is 12.0. The number of rotatable bonds is 2. The van der Waals surface area contributed by atoms with E-state index in [0.29, 0.717) is 22.0 Å². The molecule has 5 heteroatoms. The summed E-state index contributed by atoms with van der Waals surface area (Å²) in [5.41, 5.74) is 7.28. The molecule has 0 atom stereocenters. The number of hydrogen-bond acceptors (Lipinski definition) is 2. The molecule has 1 amide bonds. The minimum Gasteiger partial charge on any atom is -0.397 e. The van der Waals surface area contributed by atoms with E-state index >= 15 is 0 Å². The van der Waals surface area contributed by atoms with Crippen molar-refractivity contribution >= 4 is 44.8 Å². The normalized spacial score (nSPS) is 10.1. The molecule has 92 valence electrons. The lowest BCUT2D eigenvalue weighted by Gasteiger charge is -2.07. The van der Waals surface area contributed by atoms with Gasteiger partial charge >= 0.3 is 0 Å². The van der Waals surface area contributed by atoms with Crippen LogP contribution in [-0.4, -0.2) is 5.91 Å². The molecule has 2 aromatic rings. The first-order valence-electron chi connectivity index (χ1n) is 5.18. The number of nitrogens with one attached hydrogen (secondary N) is 1. The van der Waals surface area contributed by atoms with Crippen LogP contribution in [-0.2, 0) is 0 Å². The Balaban J connectivity index is 2.18. The van der Waals surface area contributed by atoms with Crippen molar-refractivity contribution in [2.24, 2.45) is 0 Å². The third-order valence-corrected chi connectivity index (χ3v) is 3.18. The number of nitrogens with two attached hydrogens (primary N) is 1. The summed E-state index contributed by atoms with van der Waals surface area (Å²) in [6.45, 7) is 0. The number of carbonyl (C=O) groups excluding carboxylic acids is 1. The summed E-state index contributed by atoms with van der Waals surface area (Å²) in [5.74, 6) is -0.196. The maximum absolute atomic E-state index is 12.0. The second-order valence-corrected chi connectivity index (χ2v) is 5.02. The summed E-state index contributed by atoms with van der Waals surface area (Å²) in [7, 11) is 0. The molecule has 0 fully saturated rings. The molecule has 0 unspecified atom stereocenters. The van der Waals surface area contributed by atoms with Gasteiger partial charge in [-0.3, -0.25) is 4.79 Å². The Bertz CT molecular complexity index is 601. The average Bonchev–Trinajstić information content (AvgIpc) is 2.34. The molecule has 3 N–H and O–H groups in total. The highest BCUT2D eigenvalue weighted by Gasteiger charge is 2.07. The molecule has 0 bridgehead atoms. The number of hydrogen-bond donors (Lipinski definition) is 2. The van der Waals surface area contributed by atoms with E-state index in [-0.39, 0.29) is 5.91 Å². The second-order valence-electron chi connectivity index (χ2n) is 3.70. The fourth-order valence-electron chi connectivity index (χ4n) is 1.45. The van der Waals surface area contributed by atoms with E-state index in [0.717, 1.165) is 4.47 Å². The molecule has 0 aromatic heterocycles. The van der Waals surface area contributed by atoms with Crippen LogP contribution in [0.5, 0.6) is 0 Å². The lowest BCUT2D eigenvalue weighted by molar-refractivity contribution is 0.102. The number of anilines is 2. The van der Waals surface area contributed by atoms with Gasteiger partial charge in [0.25, 0.3) is 5.91 Å². The van der Waals surface area contributed by atoms with Gasteiger partial charge in [-0.1, -0.05) is 33.6 Å². The molecule has 0 radical (unpaired) electrons. The van der Waals surface area contributed by atoms with Gasteiger partial charge in [0.2, 0.25) is 0 Å². The Labute approximate surface area is 118 Å². The van der Waals surface area contributed by atoms with Crippen LogP contribution in [0.2, 0.25) is 5.02 Å². The third-order valence-electron chi connectivity index (χ3n) is 2.34. The summed E-state index contributed by atoms with van der Waals surface area (Å²) in [6, 6.07) is 12.1. The van der Waals surface area contributed by atoms with Gasteiger partial charge in [0.1, 0.15) is 0 Å². The van der Waals surface area contributed by atoms with E-state index in [1.807, 2.05) is 6.07 Å². The molecule has 2 aromatic carbocycles. The highest BCUT2D eigenvalue weighted by Crippen LogP contribution is 2.23. The van der Waals surface area contributed by atoms with Crippen molar-refractivity contribution in [1.29, 1.82) is 0 Å². The van der Waals surface area contributed by atoms with Gasteiger partial charge in [-0.2, -0.15) is 0 Å². The Hall–Kier alpha value is -1.52. The van der Waals surface area contributed by atoms with E-state index in [1.165, 1.54) is 0 Å². The molecule has 2 rings (SSSR count). The van der Waals surface area contributed by atoms with E-state index in [1.54, 1.807) is 36.4 Å². The number of benzene rings is 2. The van der Waals surface area contributed by atoms with Crippen LogP contribution in [0.3, 0.4) is 0 Å². The Morgan fingerprint density at radius 3 is 2.67 bits per heavy atom. The van der Waals surface area contributed by atoms with Crippen molar-refractivity contribution in [3.63, 3.8) is 0 Å². The first-order valence-corrected chi connectivity index (χ1v) is 6.35. The number of halogens is 2. The van der Waals surface area contributed by atoms with Crippen LogP contribution in [0, 0.1) is 0 Å². The molecule has 0 saturated heterocycles. The molecule has 0 heterocycles. The summed E-state index contributed by atoms with van der Waals surface area (Å²) in [5, 5.41) is 3.22. The molecule has 18 heavy (non-hydrogen) atoms. The van der Waals surface area contributed by atoms with Crippen LogP contribution in [0.25, 0.3) is 0 Å². The Kier molecular flexibility index (Phi) is 3.89. The van der Waals surface area contributed by atoms with Crippen LogP contribution in [0.4, 0.5) is 11.4 Å². The first-order chi connectivity index (χ1) is 8.56. The van der Waals surface area contributed by atoms with Gasteiger partial charge in [0.05, 0.1) is 10.7 Å². The minimum absolute atomic E-state index is 0.196. The number of nitrogen functional groups attached to an aromatic ring is 1. The molecule has 0 aliphatic rings. The fourth-order valence-corrected chi connectivity index (χ4v) is 1.97. The van der Waals surface area contributed by atoms with Crippen molar-refractivity contribution in [2.45, 2.75) is 0 Å². The number of carbonyl (C=O) groups is 1. The first kappa shape index (κ1) is 12.9. The largest absolute Gasteiger partial charge is 0.397 e. The van der Waals surface area contributed by atoms with Gasteiger partial charge in [-0.05, 0) is 36.4 Å². The molecule has 0 spiro atoms. The lowest BCUT2D eigenvalue weighted by Crippen LogP contribution is -2.11. The van der Waals surface area contributed by atoms with Crippen LogP contribution in [0.1, 0.15) is 10.4 Å². The van der Waals surface area contributed by atoms with E-state index in [9.17, 15) is 4.79 Å². The predicted octanol–water partition coefficient (Wildman–Crippen LogP) is 3.94. The van der Waals surface area contributed by atoms with Crippen LogP contribution in [0.15, 0.2) is 46.9 Å². The molecule has 0 aliphatic carbocycles. The zero-order valence-corrected chi connectivity index (χ0v) is 11.6. The zero-order chi connectivity index (χ0) is 13.1. The fraction of sp³-hybridized carbons (Fsp3) is 0. The lowest BCUT2D eigenvalue weighted by atomic mass is 10.2. The summed E-state index contributed by atoms with van der Waals surface area (Å²) in [6.07, 6.45) is 0. The SMILES string of the molecule is Nc1cc(NC(=O)c2cccc(Br)c2)ccc1Cl. The Morgan fingerprint density at radius 1 is 1.22 bits per heavy atom. The van der Waals surface area contributed by atoms with Crippen LogP contribution >= 0.6 is 27.5 Å². The molecule has 3 nitrogen and oxygen atoms in total. The topological polar surface area (TPSA) is 55.1 Å². The van der Waals surface area contributed by atoms with Gasteiger partial charge in [-0.25, -0.2) is 0 Å². The molecular formula is C13H10BrClN2O. The van der Waals surface area contributed by atoms with Crippen molar-refractivity contribution in [3.05, 3.63) is 57.5 Å². The maximum Gasteiger partial charge on any atom is 0.255 e. The van der Waals surface area contributed by atoms with E-state index < -0.39 is 0 Å². The quantitative estimate of drug-likeness (QED) is 0.822. The smallest absolute Gasteiger partial charge is 0.255 e. The summed E-state index contributed by atoms with van der Waals surface area (Å²) < 4.78 is 0.853. The summed E-state index contributed by atoms with van der Waals surface area (Å²) in [4.78, 5) is 12.0. The van der Waals surface area contributed by atoms with Gasteiger partial charge in [0, 0.05) is 15.7 Å². The standard InChI is InChI=1S/C13H10BrClN2O/c14-9-3-1-2-8(6-9)13(18)17-10-4-5-11(15)12(16)7-10/h1-7H,16H2,(H,17,18). The van der Waals surface area contributed by atoms with E-state index in [2.05, 4.69) is 21.2 Å². The number of amides is 1. The van der Waals surface area contributed by atoms with Crippen molar-refractivity contribution in [2.75, 3.05) is 11.1 Å².